The van der Waals surface area contributed by atoms with Crippen LogP contribution in [0.4, 0.5) is 0 Å². The molecule has 2 heterocycles. The van der Waals surface area contributed by atoms with Crippen molar-refractivity contribution in [2.75, 3.05) is 18.8 Å². The highest BCUT2D eigenvalue weighted by atomic mass is 32.2. The lowest BCUT2D eigenvalue weighted by atomic mass is 10.2. The molecule has 0 aromatic carbocycles. The molecule has 0 aliphatic carbocycles. The van der Waals surface area contributed by atoms with E-state index in [0.717, 1.165) is 13.0 Å². The summed E-state index contributed by atoms with van der Waals surface area (Å²) >= 11 is 0. The van der Waals surface area contributed by atoms with E-state index >= 15 is 0 Å². The van der Waals surface area contributed by atoms with Crippen LogP contribution in [0.25, 0.3) is 0 Å². The monoisotopic (exact) mass is 218 g/mol. The lowest BCUT2D eigenvalue weighted by Crippen LogP contribution is -2.47. The van der Waals surface area contributed by atoms with Crippen LogP contribution in [0.1, 0.15) is 20.3 Å². The number of nitrogens with one attached hydrogen (secondary N) is 1. The number of hydrogen-bond donors (Lipinski definition) is 1. The van der Waals surface area contributed by atoms with E-state index in [1.807, 2.05) is 13.8 Å². The highest BCUT2D eigenvalue weighted by Gasteiger charge is 2.43. The predicted octanol–water partition coefficient (Wildman–Crippen LogP) is 0.0183. The maximum absolute atomic E-state index is 11.9. The molecule has 2 unspecified atom stereocenters. The van der Waals surface area contributed by atoms with Crippen LogP contribution in [0.3, 0.4) is 0 Å². The van der Waals surface area contributed by atoms with Crippen molar-refractivity contribution in [3.8, 4) is 0 Å². The molecule has 0 amide bonds. The topological polar surface area (TPSA) is 49.4 Å². The molecule has 4 nitrogen and oxygen atoms in total. The average molecular weight is 218 g/mol. The van der Waals surface area contributed by atoms with Gasteiger partial charge in [0.1, 0.15) is 0 Å². The summed E-state index contributed by atoms with van der Waals surface area (Å²) in [6.45, 7) is 5.41. The van der Waals surface area contributed by atoms with Crippen LogP contribution in [0, 0.1) is 5.92 Å². The molecule has 5 heteroatoms. The Morgan fingerprint density at radius 3 is 2.64 bits per heavy atom. The highest BCUT2D eigenvalue weighted by molar-refractivity contribution is 7.89. The van der Waals surface area contributed by atoms with Gasteiger partial charge >= 0.3 is 0 Å². The third-order valence-corrected chi connectivity index (χ3v) is 5.16. The Morgan fingerprint density at radius 2 is 2.21 bits per heavy atom. The molecule has 0 aromatic heterocycles. The zero-order valence-electron chi connectivity index (χ0n) is 8.73. The Kier molecular flexibility index (Phi) is 2.57. The first-order valence-electron chi connectivity index (χ1n) is 5.22. The molecule has 2 rings (SSSR count). The fourth-order valence-corrected chi connectivity index (χ4v) is 4.44. The van der Waals surface area contributed by atoms with Crippen molar-refractivity contribution in [2.45, 2.75) is 32.4 Å². The number of nitrogens with zero attached hydrogens (tertiary/aromatic N) is 1. The molecule has 2 aliphatic rings. The van der Waals surface area contributed by atoms with Crippen molar-refractivity contribution in [1.82, 2.24) is 9.62 Å². The first-order valence-corrected chi connectivity index (χ1v) is 6.83. The van der Waals surface area contributed by atoms with E-state index < -0.39 is 10.0 Å². The van der Waals surface area contributed by atoms with Crippen molar-refractivity contribution >= 4 is 10.0 Å². The van der Waals surface area contributed by atoms with Gasteiger partial charge in [-0.15, -0.1) is 0 Å². The summed E-state index contributed by atoms with van der Waals surface area (Å²) in [7, 11) is -3.00. The normalized spacial score (nSPS) is 33.1. The summed E-state index contributed by atoms with van der Waals surface area (Å²) in [5.74, 6) is 0.503. The maximum Gasteiger partial charge on any atom is 0.214 e. The zero-order valence-corrected chi connectivity index (χ0v) is 9.55. The van der Waals surface area contributed by atoms with Gasteiger partial charge in [-0.2, -0.15) is 4.31 Å². The molecule has 0 spiro atoms. The van der Waals surface area contributed by atoms with Gasteiger partial charge in [0.2, 0.25) is 10.0 Å². The number of piperazine rings is 1. The Bertz CT molecular complexity index is 313. The van der Waals surface area contributed by atoms with Crippen molar-refractivity contribution < 1.29 is 8.42 Å². The lowest BCUT2D eigenvalue weighted by molar-refractivity contribution is 0.346. The smallest absolute Gasteiger partial charge is 0.214 e. The second kappa shape index (κ2) is 3.47. The van der Waals surface area contributed by atoms with E-state index in [-0.39, 0.29) is 17.7 Å². The van der Waals surface area contributed by atoms with Crippen LogP contribution in [-0.2, 0) is 10.0 Å². The minimum atomic E-state index is -3.00. The summed E-state index contributed by atoms with van der Waals surface area (Å²) < 4.78 is 25.6. The number of hydrogen-bond acceptors (Lipinski definition) is 3. The Hall–Kier alpha value is -0.130. The number of sulfonamides is 1. The first-order chi connectivity index (χ1) is 6.49. The maximum atomic E-state index is 11.9. The van der Waals surface area contributed by atoms with E-state index in [4.69, 9.17) is 0 Å². The van der Waals surface area contributed by atoms with Gasteiger partial charge in [-0.3, -0.25) is 0 Å². The van der Waals surface area contributed by atoms with Crippen LogP contribution in [0.2, 0.25) is 0 Å². The van der Waals surface area contributed by atoms with Gasteiger partial charge < -0.3 is 5.32 Å². The molecule has 0 radical (unpaired) electrons. The van der Waals surface area contributed by atoms with E-state index in [2.05, 4.69) is 5.32 Å². The van der Waals surface area contributed by atoms with E-state index in [1.165, 1.54) is 0 Å². The lowest BCUT2D eigenvalue weighted by Gasteiger charge is -2.27. The largest absolute Gasteiger partial charge is 0.311 e. The molecule has 14 heavy (non-hydrogen) atoms. The highest BCUT2D eigenvalue weighted by Crippen LogP contribution is 2.26. The minimum absolute atomic E-state index is 0.215. The molecular formula is C9H18N2O2S. The van der Waals surface area contributed by atoms with Crippen molar-refractivity contribution in [3.63, 3.8) is 0 Å². The first kappa shape index (κ1) is 10.4. The number of fused-ring (bicyclic) bond motifs is 2. The van der Waals surface area contributed by atoms with Gasteiger partial charge in [0.15, 0.2) is 0 Å². The van der Waals surface area contributed by atoms with Gasteiger partial charge in [0.05, 0.1) is 5.75 Å². The van der Waals surface area contributed by atoms with E-state index in [9.17, 15) is 8.42 Å². The van der Waals surface area contributed by atoms with Gasteiger partial charge in [0.25, 0.3) is 0 Å². The Balaban J connectivity index is 2.08. The van der Waals surface area contributed by atoms with Crippen molar-refractivity contribution in [2.24, 2.45) is 5.92 Å². The SMILES string of the molecule is CC(C)CS(=O)(=O)N1CC2CC1CN2. The number of rotatable bonds is 3. The van der Waals surface area contributed by atoms with Crippen LogP contribution < -0.4 is 5.32 Å². The van der Waals surface area contributed by atoms with Crippen LogP contribution in [0.5, 0.6) is 0 Å². The zero-order chi connectivity index (χ0) is 10.3. The van der Waals surface area contributed by atoms with Crippen LogP contribution in [-0.4, -0.2) is 43.6 Å². The van der Waals surface area contributed by atoms with Crippen molar-refractivity contribution in [1.29, 1.82) is 0 Å². The quantitative estimate of drug-likeness (QED) is 0.726. The minimum Gasteiger partial charge on any atom is -0.311 e. The standard InChI is InChI=1S/C9H18N2O2S/c1-7(2)6-14(12,13)11-5-8-3-9(11)4-10-8/h7-10H,3-6H2,1-2H3. The van der Waals surface area contributed by atoms with E-state index in [1.54, 1.807) is 4.31 Å². The van der Waals surface area contributed by atoms with E-state index in [0.29, 0.717) is 12.6 Å². The van der Waals surface area contributed by atoms with Crippen LogP contribution in [0.15, 0.2) is 0 Å². The fourth-order valence-electron chi connectivity index (χ4n) is 2.38. The molecule has 2 atom stereocenters. The molecule has 2 bridgehead atoms. The summed E-state index contributed by atoms with van der Waals surface area (Å²) in [6, 6.07) is 0.630. The molecule has 82 valence electrons. The second-order valence-electron chi connectivity index (χ2n) is 4.74. The molecule has 0 aromatic rings. The molecule has 2 saturated heterocycles. The molecule has 1 N–H and O–H groups in total. The van der Waals surface area contributed by atoms with Gasteiger partial charge in [0, 0.05) is 25.2 Å². The summed E-state index contributed by atoms with van der Waals surface area (Å²) in [5.41, 5.74) is 0. The predicted molar refractivity (Wildman–Crippen MR) is 55.5 cm³/mol. The molecule has 2 fully saturated rings. The Labute approximate surface area is 85.7 Å². The summed E-state index contributed by atoms with van der Waals surface area (Å²) in [5, 5.41) is 3.31. The molecule has 0 saturated carbocycles. The average Bonchev–Trinajstić information content (AvgIpc) is 2.60. The van der Waals surface area contributed by atoms with Gasteiger partial charge in [-0.25, -0.2) is 8.42 Å². The Morgan fingerprint density at radius 1 is 1.50 bits per heavy atom. The van der Waals surface area contributed by atoms with Gasteiger partial charge in [-0.05, 0) is 12.3 Å². The van der Waals surface area contributed by atoms with Gasteiger partial charge in [-0.1, -0.05) is 13.8 Å². The summed E-state index contributed by atoms with van der Waals surface area (Å²) in [6.07, 6.45) is 0.997. The second-order valence-corrected chi connectivity index (χ2v) is 6.70. The summed E-state index contributed by atoms with van der Waals surface area (Å²) in [4.78, 5) is 0. The molecular weight excluding hydrogens is 200 g/mol. The molecule has 2 aliphatic heterocycles. The third-order valence-electron chi connectivity index (χ3n) is 2.91. The van der Waals surface area contributed by atoms with Crippen LogP contribution >= 0.6 is 0 Å². The fraction of sp³-hybridized carbons (Fsp3) is 1.00. The third kappa shape index (κ3) is 1.81. The van der Waals surface area contributed by atoms with Crippen molar-refractivity contribution in [3.05, 3.63) is 0 Å².